The van der Waals surface area contributed by atoms with Crippen LogP contribution >= 0.6 is 0 Å². The monoisotopic (exact) mass is 244 g/mol. The number of para-hydroxylation sites is 2. The summed E-state index contributed by atoms with van der Waals surface area (Å²) in [5.41, 5.74) is 2.16. The Bertz CT molecular complexity index is 480. The van der Waals surface area contributed by atoms with E-state index in [0.717, 1.165) is 36.6 Å². The predicted octanol–water partition coefficient (Wildman–Crippen LogP) is 2.14. The zero-order valence-electron chi connectivity index (χ0n) is 10.8. The second-order valence-electron chi connectivity index (χ2n) is 4.91. The number of likely N-dealkylation sites (N-methyl/N-ethyl adjacent to an activating group) is 1. The summed E-state index contributed by atoms with van der Waals surface area (Å²) < 4.78 is 0. The molecular formula is C14H20N4. The Balaban J connectivity index is 1.81. The maximum Gasteiger partial charge on any atom is 0.203 e. The van der Waals surface area contributed by atoms with E-state index in [9.17, 15) is 0 Å². The van der Waals surface area contributed by atoms with Crippen molar-refractivity contribution in [2.75, 3.05) is 24.5 Å². The molecule has 4 heteroatoms. The highest BCUT2D eigenvalue weighted by atomic mass is 15.3. The molecule has 0 spiro atoms. The average Bonchev–Trinajstić information content (AvgIpc) is 3.04. The van der Waals surface area contributed by atoms with Gasteiger partial charge >= 0.3 is 0 Å². The third kappa shape index (κ3) is 2.20. The Morgan fingerprint density at radius 1 is 1.39 bits per heavy atom. The molecule has 1 aromatic carbocycles. The normalized spacial score (nSPS) is 19.5. The average molecular weight is 244 g/mol. The van der Waals surface area contributed by atoms with Crippen molar-refractivity contribution in [3.05, 3.63) is 24.3 Å². The molecule has 1 aliphatic rings. The molecule has 3 rings (SSSR count). The molecule has 1 aliphatic heterocycles. The first-order valence-corrected chi connectivity index (χ1v) is 6.80. The van der Waals surface area contributed by atoms with Crippen LogP contribution in [0.1, 0.15) is 19.8 Å². The quantitative estimate of drug-likeness (QED) is 0.866. The number of aromatic nitrogens is 2. The summed E-state index contributed by atoms with van der Waals surface area (Å²) in [4.78, 5) is 10.4. The predicted molar refractivity (Wildman–Crippen MR) is 75.0 cm³/mol. The number of nitrogens with one attached hydrogen (secondary N) is 2. The fraction of sp³-hybridized carbons (Fsp3) is 0.500. The highest BCUT2D eigenvalue weighted by Crippen LogP contribution is 2.18. The molecule has 1 atom stereocenters. The number of benzene rings is 1. The van der Waals surface area contributed by atoms with E-state index < -0.39 is 0 Å². The number of H-pyrrole nitrogens is 1. The molecule has 0 bridgehead atoms. The Morgan fingerprint density at radius 3 is 3.00 bits per heavy atom. The molecule has 1 saturated heterocycles. The van der Waals surface area contributed by atoms with Crippen molar-refractivity contribution >= 4 is 17.0 Å². The van der Waals surface area contributed by atoms with Gasteiger partial charge in [-0.2, -0.15) is 0 Å². The standard InChI is InChI=1S/C14H20N4/c1-2-18(10-11-6-5-9-15-11)14-16-12-7-3-4-8-13(12)17-14/h3-4,7-8,11,15H,2,5-6,9-10H2,1H3,(H,16,17). The summed E-state index contributed by atoms with van der Waals surface area (Å²) in [7, 11) is 0. The fourth-order valence-corrected chi connectivity index (χ4v) is 2.63. The van der Waals surface area contributed by atoms with Gasteiger partial charge in [0.1, 0.15) is 0 Å². The Morgan fingerprint density at radius 2 is 2.28 bits per heavy atom. The summed E-state index contributed by atoms with van der Waals surface area (Å²) in [6, 6.07) is 8.81. The topological polar surface area (TPSA) is 44.0 Å². The highest BCUT2D eigenvalue weighted by Gasteiger charge is 2.18. The molecule has 2 N–H and O–H groups in total. The van der Waals surface area contributed by atoms with E-state index in [4.69, 9.17) is 0 Å². The number of nitrogens with zero attached hydrogens (tertiary/aromatic N) is 2. The van der Waals surface area contributed by atoms with Crippen molar-refractivity contribution in [3.63, 3.8) is 0 Å². The largest absolute Gasteiger partial charge is 0.341 e. The number of anilines is 1. The molecule has 1 unspecified atom stereocenters. The minimum Gasteiger partial charge on any atom is -0.341 e. The molecule has 0 saturated carbocycles. The van der Waals surface area contributed by atoms with Crippen LogP contribution in [0.15, 0.2) is 24.3 Å². The van der Waals surface area contributed by atoms with Gasteiger partial charge in [0.15, 0.2) is 0 Å². The molecule has 4 nitrogen and oxygen atoms in total. The number of hydrogen-bond acceptors (Lipinski definition) is 3. The van der Waals surface area contributed by atoms with Crippen LogP contribution in [-0.2, 0) is 0 Å². The van der Waals surface area contributed by atoms with Crippen LogP contribution in [0.25, 0.3) is 11.0 Å². The summed E-state index contributed by atoms with van der Waals surface area (Å²) in [6.45, 7) is 5.36. The van der Waals surface area contributed by atoms with Gasteiger partial charge in [0.2, 0.25) is 5.95 Å². The smallest absolute Gasteiger partial charge is 0.203 e. The van der Waals surface area contributed by atoms with Crippen LogP contribution in [-0.4, -0.2) is 35.6 Å². The van der Waals surface area contributed by atoms with Crippen molar-refractivity contribution in [3.8, 4) is 0 Å². The van der Waals surface area contributed by atoms with E-state index in [1.165, 1.54) is 12.8 Å². The minimum absolute atomic E-state index is 0.609. The minimum atomic E-state index is 0.609. The van der Waals surface area contributed by atoms with E-state index in [0.29, 0.717) is 6.04 Å². The maximum absolute atomic E-state index is 4.67. The molecular weight excluding hydrogens is 224 g/mol. The van der Waals surface area contributed by atoms with Crippen LogP contribution in [0.4, 0.5) is 5.95 Å². The van der Waals surface area contributed by atoms with Crippen molar-refractivity contribution in [1.82, 2.24) is 15.3 Å². The van der Waals surface area contributed by atoms with Crippen LogP contribution in [0.2, 0.25) is 0 Å². The molecule has 2 heterocycles. The van der Waals surface area contributed by atoms with E-state index in [1.807, 2.05) is 12.1 Å². The second kappa shape index (κ2) is 4.98. The second-order valence-corrected chi connectivity index (χ2v) is 4.91. The number of aromatic amines is 1. The van der Waals surface area contributed by atoms with E-state index >= 15 is 0 Å². The lowest BCUT2D eigenvalue weighted by Crippen LogP contribution is -2.38. The molecule has 18 heavy (non-hydrogen) atoms. The zero-order chi connectivity index (χ0) is 12.4. The van der Waals surface area contributed by atoms with Gasteiger partial charge < -0.3 is 15.2 Å². The van der Waals surface area contributed by atoms with Crippen LogP contribution in [0.3, 0.4) is 0 Å². The number of hydrogen-bond donors (Lipinski definition) is 2. The lowest BCUT2D eigenvalue weighted by Gasteiger charge is -2.23. The third-order valence-corrected chi connectivity index (χ3v) is 3.66. The van der Waals surface area contributed by atoms with E-state index in [-0.39, 0.29) is 0 Å². The fourth-order valence-electron chi connectivity index (χ4n) is 2.63. The van der Waals surface area contributed by atoms with Gasteiger partial charge in [-0.25, -0.2) is 4.98 Å². The first-order valence-electron chi connectivity index (χ1n) is 6.80. The number of rotatable bonds is 4. The van der Waals surface area contributed by atoms with E-state index in [1.54, 1.807) is 0 Å². The van der Waals surface area contributed by atoms with Crippen molar-refractivity contribution in [1.29, 1.82) is 0 Å². The van der Waals surface area contributed by atoms with Crippen LogP contribution < -0.4 is 10.2 Å². The van der Waals surface area contributed by atoms with Gasteiger partial charge in [0.05, 0.1) is 11.0 Å². The molecule has 0 amide bonds. The summed E-state index contributed by atoms with van der Waals surface area (Å²) in [5.74, 6) is 0.993. The molecule has 1 aromatic heterocycles. The van der Waals surface area contributed by atoms with E-state index in [2.05, 4.69) is 39.2 Å². The van der Waals surface area contributed by atoms with Crippen LogP contribution in [0, 0.1) is 0 Å². The molecule has 2 aromatic rings. The molecule has 1 fully saturated rings. The zero-order valence-corrected chi connectivity index (χ0v) is 10.8. The number of imidazole rings is 1. The maximum atomic E-state index is 4.67. The van der Waals surface area contributed by atoms with Gasteiger partial charge in [-0.1, -0.05) is 12.1 Å². The molecule has 0 aliphatic carbocycles. The Kier molecular flexibility index (Phi) is 3.19. The SMILES string of the molecule is CCN(CC1CCCN1)c1nc2ccccc2[nH]1. The first-order chi connectivity index (χ1) is 8.86. The molecule has 0 radical (unpaired) electrons. The summed E-state index contributed by atoms with van der Waals surface area (Å²) in [6.07, 6.45) is 2.57. The summed E-state index contributed by atoms with van der Waals surface area (Å²) >= 11 is 0. The Hall–Kier alpha value is -1.55. The van der Waals surface area contributed by atoms with Gasteiger partial charge in [-0.05, 0) is 38.4 Å². The van der Waals surface area contributed by atoms with Crippen molar-refractivity contribution in [2.24, 2.45) is 0 Å². The lowest BCUT2D eigenvalue weighted by molar-refractivity contribution is 0.582. The molecule has 96 valence electrons. The summed E-state index contributed by atoms with van der Waals surface area (Å²) in [5, 5.41) is 3.54. The van der Waals surface area contributed by atoms with Crippen molar-refractivity contribution < 1.29 is 0 Å². The van der Waals surface area contributed by atoms with Gasteiger partial charge in [-0.15, -0.1) is 0 Å². The third-order valence-electron chi connectivity index (χ3n) is 3.66. The van der Waals surface area contributed by atoms with Gasteiger partial charge in [0.25, 0.3) is 0 Å². The van der Waals surface area contributed by atoms with Gasteiger partial charge in [-0.3, -0.25) is 0 Å². The van der Waals surface area contributed by atoms with Crippen LogP contribution in [0.5, 0.6) is 0 Å². The van der Waals surface area contributed by atoms with Gasteiger partial charge in [0, 0.05) is 19.1 Å². The first kappa shape index (κ1) is 11.5. The van der Waals surface area contributed by atoms with Crippen molar-refractivity contribution in [2.45, 2.75) is 25.8 Å². The number of fused-ring (bicyclic) bond motifs is 1. The lowest BCUT2D eigenvalue weighted by atomic mass is 10.2. The highest BCUT2D eigenvalue weighted by molar-refractivity contribution is 5.77. The Labute approximate surface area is 107 Å².